The highest BCUT2D eigenvalue weighted by Crippen LogP contribution is 2.47. The monoisotopic (exact) mass is 412 g/mol. The van der Waals surface area contributed by atoms with E-state index in [1.165, 1.54) is 6.07 Å². The van der Waals surface area contributed by atoms with Crippen molar-refractivity contribution in [3.05, 3.63) is 83.2 Å². The van der Waals surface area contributed by atoms with Crippen molar-refractivity contribution in [1.29, 1.82) is 0 Å². The minimum atomic E-state index is -0.415. The summed E-state index contributed by atoms with van der Waals surface area (Å²) in [4.78, 5) is 12.0. The molecule has 7 heteroatoms. The van der Waals surface area contributed by atoms with Crippen LogP contribution in [-0.2, 0) is 0 Å². The number of halogens is 2. The van der Waals surface area contributed by atoms with Gasteiger partial charge in [0.25, 0.3) is 0 Å². The highest BCUT2D eigenvalue weighted by Gasteiger charge is 2.44. The van der Waals surface area contributed by atoms with E-state index >= 15 is 0 Å². The van der Waals surface area contributed by atoms with Gasteiger partial charge in [0.2, 0.25) is 0 Å². The molecule has 0 N–H and O–H groups in total. The first-order valence-corrected chi connectivity index (χ1v) is 10.4. The lowest BCUT2D eigenvalue weighted by Crippen LogP contribution is -2.30. The average molecular weight is 413 g/mol. The third-order valence-corrected chi connectivity index (χ3v) is 6.54. The molecule has 2 aliphatic rings. The summed E-state index contributed by atoms with van der Waals surface area (Å²) in [5.41, 5.74) is 2.87. The van der Waals surface area contributed by atoms with Gasteiger partial charge in [0.1, 0.15) is 11.9 Å². The predicted octanol–water partition coefficient (Wildman–Crippen LogP) is 5.25. The van der Waals surface area contributed by atoms with Crippen molar-refractivity contribution >= 4 is 28.5 Å². The van der Waals surface area contributed by atoms with E-state index in [9.17, 15) is 4.39 Å². The number of hydrogen-bond donors (Lipinski definition) is 0. The van der Waals surface area contributed by atoms with Gasteiger partial charge in [0, 0.05) is 35.6 Å². The molecule has 142 valence electrons. The molecule has 28 heavy (non-hydrogen) atoms. The van der Waals surface area contributed by atoms with Gasteiger partial charge in [-0.05, 0) is 42.5 Å². The summed E-state index contributed by atoms with van der Waals surface area (Å²) in [5.74, 6) is -0.415. The first-order chi connectivity index (χ1) is 13.6. The molecule has 0 unspecified atom stereocenters. The van der Waals surface area contributed by atoms with E-state index in [0.717, 1.165) is 28.8 Å². The van der Waals surface area contributed by atoms with Crippen LogP contribution in [0.5, 0.6) is 0 Å². The number of nitrogens with zero attached hydrogens (tertiary/aromatic N) is 4. The Morgan fingerprint density at radius 1 is 1.18 bits per heavy atom. The van der Waals surface area contributed by atoms with Gasteiger partial charge in [-0.25, -0.2) is 4.39 Å². The van der Waals surface area contributed by atoms with E-state index in [4.69, 9.17) is 16.6 Å². The van der Waals surface area contributed by atoms with Crippen molar-refractivity contribution in [1.82, 2.24) is 14.5 Å². The second-order valence-corrected chi connectivity index (χ2v) is 8.85. The molecule has 2 aromatic heterocycles. The number of pyridine rings is 1. The van der Waals surface area contributed by atoms with E-state index in [1.54, 1.807) is 12.1 Å². The van der Waals surface area contributed by atoms with Gasteiger partial charge in [-0.1, -0.05) is 36.4 Å². The van der Waals surface area contributed by atoms with Crippen molar-refractivity contribution in [2.75, 3.05) is 6.54 Å². The zero-order chi connectivity index (χ0) is 19.3. The van der Waals surface area contributed by atoms with Crippen molar-refractivity contribution < 1.29 is 4.39 Å². The molecule has 1 fully saturated rings. The van der Waals surface area contributed by atoms with E-state index in [0.29, 0.717) is 5.25 Å². The molecule has 0 aliphatic carbocycles. The van der Waals surface area contributed by atoms with Gasteiger partial charge in [-0.15, -0.1) is 0 Å². The van der Waals surface area contributed by atoms with Crippen LogP contribution < -0.4 is 0 Å². The Morgan fingerprint density at radius 3 is 2.86 bits per heavy atom. The third kappa shape index (κ3) is 2.91. The highest BCUT2D eigenvalue weighted by molar-refractivity contribution is 8.14. The summed E-state index contributed by atoms with van der Waals surface area (Å²) in [6, 6.07) is 14.8. The van der Waals surface area contributed by atoms with Crippen molar-refractivity contribution in [3.63, 3.8) is 0 Å². The van der Waals surface area contributed by atoms with Crippen LogP contribution in [0.4, 0.5) is 4.39 Å². The molecule has 0 saturated carbocycles. The lowest BCUT2D eigenvalue weighted by atomic mass is 10.0. The maximum atomic E-state index is 13.7. The zero-order valence-corrected chi connectivity index (χ0v) is 16.7. The summed E-state index contributed by atoms with van der Waals surface area (Å²) in [6.07, 6.45) is 3.80. The van der Waals surface area contributed by atoms with Gasteiger partial charge >= 0.3 is 0 Å². The summed E-state index contributed by atoms with van der Waals surface area (Å²) < 4.78 is 15.7. The van der Waals surface area contributed by atoms with Crippen LogP contribution in [0.3, 0.4) is 0 Å². The normalized spacial score (nSPS) is 23.8. The van der Waals surface area contributed by atoms with Crippen LogP contribution in [0, 0.1) is 5.82 Å². The standard InChI is InChI=1S/C21H18ClFN4S/c1-13-12-27-20(19(25-21(27)28-13)17-5-2-3-9-24-17)18-6-4-10-26(18)14-7-8-16(23)15(22)11-14/h2-11,13,19-20H,12H2,1H3/t13-,19-,20-/m1/s1. The van der Waals surface area contributed by atoms with Crippen LogP contribution in [0.2, 0.25) is 5.02 Å². The lowest BCUT2D eigenvalue weighted by molar-refractivity contribution is 0.312. The fourth-order valence-corrected chi connectivity index (χ4v) is 5.21. The Morgan fingerprint density at radius 2 is 2.07 bits per heavy atom. The molecule has 3 atom stereocenters. The molecule has 3 aromatic rings. The molecule has 4 heterocycles. The molecule has 5 rings (SSSR count). The fraction of sp³-hybridized carbons (Fsp3) is 0.238. The van der Waals surface area contributed by atoms with E-state index in [-0.39, 0.29) is 17.1 Å². The topological polar surface area (TPSA) is 33.4 Å². The van der Waals surface area contributed by atoms with Gasteiger partial charge in [-0.2, -0.15) is 0 Å². The second-order valence-electron chi connectivity index (χ2n) is 7.04. The molecule has 1 saturated heterocycles. The molecule has 0 spiro atoms. The Kier molecular flexibility index (Phi) is 4.40. The molecular weight excluding hydrogens is 395 g/mol. The van der Waals surface area contributed by atoms with E-state index < -0.39 is 5.82 Å². The molecule has 4 nitrogen and oxygen atoms in total. The maximum Gasteiger partial charge on any atom is 0.160 e. The molecule has 2 aliphatic heterocycles. The molecule has 0 radical (unpaired) electrons. The van der Waals surface area contributed by atoms with Crippen LogP contribution in [-0.4, -0.2) is 31.4 Å². The minimum absolute atomic E-state index is 0.0289. The van der Waals surface area contributed by atoms with Crippen LogP contribution in [0.15, 0.2) is 65.9 Å². The van der Waals surface area contributed by atoms with Crippen molar-refractivity contribution in [2.45, 2.75) is 24.3 Å². The lowest BCUT2D eigenvalue weighted by Gasteiger charge is -2.28. The third-order valence-electron chi connectivity index (χ3n) is 5.15. The first kappa shape index (κ1) is 17.8. The summed E-state index contributed by atoms with van der Waals surface area (Å²) in [5, 5.41) is 1.68. The minimum Gasteiger partial charge on any atom is -0.339 e. The van der Waals surface area contributed by atoms with Crippen molar-refractivity contribution in [2.24, 2.45) is 4.99 Å². The molecule has 0 bridgehead atoms. The smallest absolute Gasteiger partial charge is 0.160 e. The fourth-order valence-electron chi connectivity index (χ4n) is 3.94. The van der Waals surface area contributed by atoms with Crippen molar-refractivity contribution in [3.8, 4) is 5.69 Å². The van der Waals surface area contributed by atoms with Gasteiger partial charge in [-0.3, -0.25) is 9.98 Å². The van der Waals surface area contributed by atoms with Crippen LogP contribution >= 0.6 is 23.4 Å². The Hall–Kier alpha value is -2.31. The largest absolute Gasteiger partial charge is 0.339 e. The number of fused-ring (bicyclic) bond motifs is 1. The number of rotatable bonds is 3. The Labute approximate surface area is 172 Å². The maximum absolute atomic E-state index is 13.7. The molecule has 1 aromatic carbocycles. The van der Waals surface area contributed by atoms with Gasteiger partial charge in [0.15, 0.2) is 5.17 Å². The number of aliphatic imine (C=N–C) groups is 1. The number of thioether (sulfide) groups is 1. The summed E-state index contributed by atoms with van der Waals surface area (Å²) in [6.45, 7) is 3.16. The summed E-state index contributed by atoms with van der Waals surface area (Å²) in [7, 11) is 0. The molecular formula is C21H18ClFN4S. The molecule has 0 amide bonds. The number of benzene rings is 1. The van der Waals surface area contributed by atoms with E-state index in [1.807, 2.05) is 48.4 Å². The van der Waals surface area contributed by atoms with Gasteiger partial charge in [0.05, 0.1) is 16.8 Å². The quantitative estimate of drug-likeness (QED) is 0.588. The number of aromatic nitrogens is 2. The average Bonchev–Trinajstić information content (AvgIpc) is 3.38. The SMILES string of the molecule is C[C@@H]1CN2C(=N[C@H](c3ccccn3)[C@H]2c2cccn2-c2ccc(F)c(Cl)c2)S1. The number of amidine groups is 1. The highest BCUT2D eigenvalue weighted by atomic mass is 35.5. The Balaban J connectivity index is 1.61. The van der Waals surface area contributed by atoms with E-state index in [2.05, 4.69) is 27.4 Å². The Bertz CT molecular complexity index is 1050. The predicted molar refractivity (Wildman–Crippen MR) is 112 cm³/mol. The second kappa shape index (κ2) is 6.94. The first-order valence-electron chi connectivity index (χ1n) is 9.16. The van der Waals surface area contributed by atoms with Crippen LogP contribution in [0.25, 0.3) is 5.69 Å². The summed E-state index contributed by atoms with van der Waals surface area (Å²) >= 11 is 7.85. The number of hydrogen-bond acceptors (Lipinski definition) is 4. The van der Waals surface area contributed by atoms with Crippen LogP contribution in [0.1, 0.15) is 30.4 Å². The zero-order valence-electron chi connectivity index (χ0n) is 15.2. The van der Waals surface area contributed by atoms with Gasteiger partial charge < -0.3 is 9.47 Å².